The lowest BCUT2D eigenvalue weighted by Crippen LogP contribution is -1.98. The van der Waals surface area contributed by atoms with Crippen LogP contribution in [0.25, 0.3) is 77.3 Å². The van der Waals surface area contributed by atoms with Crippen LogP contribution in [0.4, 0.5) is 0 Å². The van der Waals surface area contributed by atoms with Crippen molar-refractivity contribution in [1.82, 2.24) is 9.97 Å². The van der Waals surface area contributed by atoms with Crippen molar-refractivity contribution in [2.24, 2.45) is 0 Å². The summed E-state index contributed by atoms with van der Waals surface area (Å²) < 4.78 is 0. The van der Waals surface area contributed by atoms with Crippen molar-refractivity contribution < 1.29 is 0 Å². The summed E-state index contributed by atoms with van der Waals surface area (Å²) in [5, 5.41) is 7.23. The fourth-order valence-corrected chi connectivity index (χ4v) is 6.11. The molecule has 0 saturated heterocycles. The molecule has 0 radical (unpaired) electrons. The zero-order valence-electron chi connectivity index (χ0n) is 22.9. The van der Waals surface area contributed by atoms with Gasteiger partial charge in [-0.05, 0) is 55.6 Å². The quantitative estimate of drug-likeness (QED) is 0.166. The molecule has 0 aliphatic heterocycles. The van der Waals surface area contributed by atoms with E-state index < -0.39 is 0 Å². The Hall–Kier alpha value is -5.60. The Balaban J connectivity index is 1.50. The van der Waals surface area contributed by atoms with Gasteiger partial charge in [-0.2, -0.15) is 0 Å². The Morgan fingerprint density at radius 1 is 0.357 bits per heavy atom. The lowest BCUT2D eigenvalue weighted by Gasteiger charge is -2.16. The zero-order valence-corrected chi connectivity index (χ0v) is 22.9. The van der Waals surface area contributed by atoms with Crippen LogP contribution in [0.2, 0.25) is 0 Å². The average Bonchev–Trinajstić information content (AvgIpc) is 3.07. The molecule has 2 nitrogen and oxygen atoms in total. The molecule has 0 unspecified atom stereocenters. The van der Waals surface area contributed by atoms with Crippen molar-refractivity contribution in [3.8, 4) is 45.0 Å². The Morgan fingerprint density at radius 2 is 0.929 bits per heavy atom. The summed E-state index contributed by atoms with van der Waals surface area (Å²) in [6.07, 6.45) is 0. The molecule has 1 aromatic heterocycles. The van der Waals surface area contributed by atoms with Crippen LogP contribution in [0, 0.1) is 0 Å². The fraction of sp³-hybridized carbons (Fsp3) is 0. The third-order valence-electron chi connectivity index (χ3n) is 8.05. The molecular weight excluding hydrogens is 508 g/mol. The molecular formula is C40H26N2. The molecule has 0 spiro atoms. The zero-order chi connectivity index (χ0) is 27.9. The van der Waals surface area contributed by atoms with Gasteiger partial charge >= 0.3 is 0 Å². The second-order valence-electron chi connectivity index (χ2n) is 10.6. The molecule has 0 fully saturated rings. The van der Waals surface area contributed by atoms with E-state index in [0.29, 0.717) is 5.82 Å². The fourth-order valence-electron chi connectivity index (χ4n) is 6.11. The van der Waals surface area contributed by atoms with Gasteiger partial charge in [0, 0.05) is 16.7 Å². The van der Waals surface area contributed by atoms with E-state index in [2.05, 4.69) is 140 Å². The van der Waals surface area contributed by atoms with Crippen LogP contribution in [-0.4, -0.2) is 9.97 Å². The molecule has 8 aromatic rings. The molecule has 42 heavy (non-hydrogen) atoms. The van der Waals surface area contributed by atoms with E-state index in [4.69, 9.17) is 9.97 Å². The minimum absolute atomic E-state index is 0.715. The normalized spacial score (nSPS) is 11.3. The van der Waals surface area contributed by atoms with Crippen molar-refractivity contribution in [2.45, 2.75) is 0 Å². The van der Waals surface area contributed by atoms with Crippen LogP contribution in [0.1, 0.15) is 0 Å². The molecule has 0 aliphatic rings. The SMILES string of the molecule is c1ccc(-c2nc(-c3ccccc3-c3ccccc3)cc(-c3c4ccccc4cc4ccc5ccccc5c34)n2)cc1. The molecule has 0 aliphatic carbocycles. The average molecular weight is 535 g/mol. The van der Waals surface area contributed by atoms with E-state index in [1.54, 1.807) is 0 Å². The largest absolute Gasteiger partial charge is 0.228 e. The van der Waals surface area contributed by atoms with Gasteiger partial charge in [-0.15, -0.1) is 0 Å². The van der Waals surface area contributed by atoms with Gasteiger partial charge in [-0.25, -0.2) is 9.97 Å². The third-order valence-corrected chi connectivity index (χ3v) is 8.05. The van der Waals surface area contributed by atoms with Crippen molar-refractivity contribution in [1.29, 1.82) is 0 Å². The second kappa shape index (κ2) is 10.1. The maximum atomic E-state index is 5.30. The third kappa shape index (κ3) is 4.13. The Morgan fingerprint density at radius 3 is 1.71 bits per heavy atom. The standard InChI is InChI=1S/C40H26N2/c1-3-13-27(14-4-1)32-19-11-12-22-35(32)36-26-37(42-40(41-36)29-16-5-2-6-17-29)39-34-21-10-8-18-30(34)25-31-24-23-28-15-7-9-20-33(28)38(31)39/h1-26H. The lowest BCUT2D eigenvalue weighted by molar-refractivity contribution is 1.19. The van der Waals surface area contributed by atoms with Gasteiger partial charge in [0.2, 0.25) is 0 Å². The first-order valence-electron chi connectivity index (χ1n) is 14.3. The van der Waals surface area contributed by atoms with Gasteiger partial charge in [0.25, 0.3) is 0 Å². The molecule has 7 aromatic carbocycles. The predicted molar refractivity (Wildman–Crippen MR) is 176 cm³/mol. The highest BCUT2D eigenvalue weighted by atomic mass is 14.9. The van der Waals surface area contributed by atoms with E-state index in [9.17, 15) is 0 Å². The molecule has 0 amide bonds. The minimum Gasteiger partial charge on any atom is -0.228 e. The molecule has 196 valence electrons. The van der Waals surface area contributed by atoms with Crippen molar-refractivity contribution in [3.05, 3.63) is 158 Å². The van der Waals surface area contributed by atoms with Gasteiger partial charge in [-0.3, -0.25) is 0 Å². The number of hydrogen-bond donors (Lipinski definition) is 0. The summed E-state index contributed by atoms with van der Waals surface area (Å²) in [5.41, 5.74) is 7.34. The van der Waals surface area contributed by atoms with Crippen LogP contribution in [0.3, 0.4) is 0 Å². The summed E-state index contributed by atoms with van der Waals surface area (Å²) in [6, 6.07) is 55.5. The van der Waals surface area contributed by atoms with Crippen LogP contribution >= 0.6 is 0 Å². The van der Waals surface area contributed by atoms with Gasteiger partial charge in [0.1, 0.15) is 0 Å². The Kier molecular flexibility index (Phi) is 5.82. The molecule has 2 heteroatoms. The highest BCUT2D eigenvalue weighted by Crippen LogP contribution is 2.41. The number of benzene rings is 7. The van der Waals surface area contributed by atoms with E-state index in [-0.39, 0.29) is 0 Å². The summed E-state index contributed by atoms with van der Waals surface area (Å²) in [5.74, 6) is 0.715. The van der Waals surface area contributed by atoms with Crippen LogP contribution in [-0.2, 0) is 0 Å². The number of fused-ring (bicyclic) bond motifs is 4. The van der Waals surface area contributed by atoms with Crippen LogP contribution in [0.5, 0.6) is 0 Å². The summed E-state index contributed by atoms with van der Waals surface area (Å²) in [7, 11) is 0. The highest BCUT2D eigenvalue weighted by molar-refractivity contribution is 6.21. The maximum absolute atomic E-state index is 5.30. The second-order valence-corrected chi connectivity index (χ2v) is 10.6. The minimum atomic E-state index is 0.715. The van der Waals surface area contributed by atoms with Crippen molar-refractivity contribution in [3.63, 3.8) is 0 Å². The van der Waals surface area contributed by atoms with E-state index in [1.807, 2.05) is 18.2 Å². The predicted octanol–water partition coefficient (Wildman–Crippen LogP) is 10.6. The van der Waals surface area contributed by atoms with E-state index in [0.717, 1.165) is 39.2 Å². The lowest BCUT2D eigenvalue weighted by atomic mass is 9.90. The van der Waals surface area contributed by atoms with E-state index >= 15 is 0 Å². The number of nitrogens with zero attached hydrogens (tertiary/aromatic N) is 2. The highest BCUT2D eigenvalue weighted by Gasteiger charge is 2.18. The first kappa shape index (κ1) is 24.2. The molecule has 8 rings (SSSR count). The molecule has 0 atom stereocenters. The molecule has 0 bridgehead atoms. The van der Waals surface area contributed by atoms with Gasteiger partial charge < -0.3 is 0 Å². The number of aromatic nitrogens is 2. The maximum Gasteiger partial charge on any atom is 0.160 e. The topological polar surface area (TPSA) is 25.8 Å². The number of rotatable bonds is 4. The van der Waals surface area contributed by atoms with Gasteiger partial charge in [0.05, 0.1) is 11.4 Å². The van der Waals surface area contributed by atoms with E-state index in [1.165, 1.54) is 32.3 Å². The van der Waals surface area contributed by atoms with Crippen molar-refractivity contribution in [2.75, 3.05) is 0 Å². The monoisotopic (exact) mass is 534 g/mol. The van der Waals surface area contributed by atoms with Crippen molar-refractivity contribution >= 4 is 32.3 Å². The molecule has 1 heterocycles. The first-order valence-corrected chi connectivity index (χ1v) is 14.3. The molecule has 0 N–H and O–H groups in total. The summed E-state index contributed by atoms with van der Waals surface area (Å²) in [4.78, 5) is 10.5. The van der Waals surface area contributed by atoms with Gasteiger partial charge in [0.15, 0.2) is 5.82 Å². The Labute approximate surface area is 244 Å². The molecule has 0 saturated carbocycles. The first-order chi connectivity index (χ1) is 20.8. The smallest absolute Gasteiger partial charge is 0.160 e. The Bertz CT molecular complexity index is 2240. The summed E-state index contributed by atoms with van der Waals surface area (Å²) in [6.45, 7) is 0. The number of hydrogen-bond acceptors (Lipinski definition) is 2. The van der Waals surface area contributed by atoms with Gasteiger partial charge in [-0.1, -0.05) is 146 Å². The van der Waals surface area contributed by atoms with Crippen LogP contribution < -0.4 is 0 Å². The van der Waals surface area contributed by atoms with Crippen LogP contribution in [0.15, 0.2) is 158 Å². The summed E-state index contributed by atoms with van der Waals surface area (Å²) >= 11 is 0.